The second-order valence-electron chi connectivity index (χ2n) is 6.62. The third-order valence-corrected chi connectivity index (χ3v) is 5.36. The number of aryl methyl sites for hydroxylation is 1. The fourth-order valence-electron chi connectivity index (χ4n) is 3.08. The Morgan fingerprint density at radius 2 is 1.79 bits per heavy atom. The van der Waals surface area contributed by atoms with Crippen molar-refractivity contribution in [1.82, 2.24) is 0 Å². The Hall–Kier alpha value is -3.18. The molecule has 4 rings (SSSR count). The van der Waals surface area contributed by atoms with Crippen LogP contribution in [0.1, 0.15) is 22.8 Å². The molecule has 0 fully saturated rings. The second kappa shape index (κ2) is 8.45. The smallest absolute Gasteiger partial charge is 0.342 e. The Labute approximate surface area is 174 Å². The van der Waals surface area contributed by atoms with Crippen molar-refractivity contribution in [2.75, 3.05) is 11.3 Å². The maximum atomic E-state index is 12.7. The molecule has 3 aromatic carbocycles. The average molecular weight is 404 g/mol. The van der Waals surface area contributed by atoms with Crippen LogP contribution >= 0.6 is 11.9 Å². The lowest BCUT2D eigenvalue weighted by atomic mass is 10.1. The summed E-state index contributed by atoms with van der Waals surface area (Å²) in [6.07, 6.45) is 0. The summed E-state index contributed by atoms with van der Waals surface area (Å²) >= 11 is 1.52. The molecule has 5 heteroatoms. The first kappa shape index (κ1) is 19.2. The molecule has 0 saturated carbocycles. The van der Waals surface area contributed by atoms with Crippen LogP contribution in [-0.2, 0) is 4.74 Å². The highest BCUT2D eigenvalue weighted by molar-refractivity contribution is 8.00. The van der Waals surface area contributed by atoms with Crippen LogP contribution in [0.15, 0.2) is 82.1 Å². The number of anilines is 1. The minimum absolute atomic E-state index is 0.307. The van der Waals surface area contributed by atoms with E-state index in [0.717, 1.165) is 21.5 Å². The number of nitrogens with one attached hydrogen (secondary N) is 1. The first-order valence-electron chi connectivity index (χ1n) is 9.44. The predicted octanol–water partition coefficient (Wildman–Crippen LogP) is 6.70. The molecule has 0 aliphatic heterocycles. The molecule has 0 amide bonds. The van der Waals surface area contributed by atoms with E-state index in [9.17, 15) is 4.79 Å². The summed E-state index contributed by atoms with van der Waals surface area (Å²) in [7, 11) is 0. The van der Waals surface area contributed by atoms with Gasteiger partial charge in [-0.3, -0.25) is 0 Å². The van der Waals surface area contributed by atoms with Crippen LogP contribution in [-0.4, -0.2) is 12.6 Å². The lowest BCUT2D eigenvalue weighted by molar-refractivity contribution is 0.0529. The summed E-state index contributed by atoms with van der Waals surface area (Å²) in [5.41, 5.74) is 4.06. The summed E-state index contributed by atoms with van der Waals surface area (Å²) in [6, 6.07) is 23.7. The zero-order valence-corrected chi connectivity index (χ0v) is 17.1. The molecule has 1 N–H and O–H groups in total. The molecular formula is C24H21NO3S. The van der Waals surface area contributed by atoms with E-state index >= 15 is 0 Å². The predicted molar refractivity (Wildman–Crippen MR) is 118 cm³/mol. The number of esters is 1. The molecule has 146 valence electrons. The Balaban J connectivity index is 1.71. The van der Waals surface area contributed by atoms with Crippen molar-refractivity contribution in [3.05, 3.63) is 83.9 Å². The fraction of sp³-hybridized carbons (Fsp3) is 0.125. The number of hydrogen-bond acceptors (Lipinski definition) is 5. The minimum atomic E-state index is -0.381. The summed E-state index contributed by atoms with van der Waals surface area (Å²) in [4.78, 5) is 13.8. The number of hydrogen-bond donors (Lipinski definition) is 1. The molecule has 0 aliphatic rings. The molecule has 0 bridgehead atoms. The molecule has 0 radical (unpaired) electrons. The van der Waals surface area contributed by atoms with E-state index in [0.29, 0.717) is 23.5 Å². The second-order valence-corrected chi connectivity index (χ2v) is 7.50. The van der Waals surface area contributed by atoms with Gasteiger partial charge in [0.15, 0.2) is 0 Å². The lowest BCUT2D eigenvalue weighted by Crippen LogP contribution is -2.05. The lowest BCUT2D eigenvalue weighted by Gasteiger charge is -2.06. The SMILES string of the molecule is CCOC(=O)c1c(-c2ccccc2)oc2ccc(NSc3ccc(C)cc3)cc12. The van der Waals surface area contributed by atoms with Crippen molar-refractivity contribution in [1.29, 1.82) is 0 Å². The van der Waals surface area contributed by atoms with E-state index < -0.39 is 0 Å². The maximum Gasteiger partial charge on any atom is 0.342 e. The number of furan rings is 1. The summed E-state index contributed by atoms with van der Waals surface area (Å²) in [6.45, 7) is 4.17. The van der Waals surface area contributed by atoms with Crippen molar-refractivity contribution >= 4 is 34.6 Å². The molecule has 0 spiro atoms. The summed E-state index contributed by atoms with van der Waals surface area (Å²) in [5.74, 6) is 0.149. The highest BCUT2D eigenvalue weighted by Gasteiger charge is 2.23. The highest BCUT2D eigenvalue weighted by Crippen LogP contribution is 2.36. The van der Waals surface area contributed by atoms with Gasteiger partial charge in [0, 0.05) is 21.5 Å². The van der Waals surface area contributed by atoms with Gasteiger partial charge in [-0.1, -0.05) is 48.0 Å². The standard InChI is InChI=1S/C24H21NO3S/c1-3-27-24(26)22-20-15-18(25-29-19-12-9-16(2)10-13-19)11-14-21(20)28-23(22)17-7-5-4-6-8-17/h4-15,25H,3H2,1-2H3. The third kappa shape index (κ3) is 4.15. The number of fused-ring (bicyclic) bond motifs is 1. The Kier molecular flexibility index (Phi) is 5.58. The number of ether oxygens (including phenoxy) is 1. The molecule has 0 saturated heterocycles. The Bertz CT molecular complexity index is 1130. The van der Waals surface area contributed by atoms with Gasteiger partial charge in [-0.15, -0.1) is 0 Å². The van der Waals surface area contributed by atoms with Crippen molar-refractivity contribution in [2.45, 2.75) is 18.7 Å². The zero-order chi connectivity index (χ0) is 20.2. The Morgan fingerprint density at radius 1 is 1.03 bits per heavy atom. The zero-order valence-electron chi connectivity index (χ0n) is 16.3. The highest BCUT2D eigenvalue weighted by atomic mass is 32.2. The maximum absolute atomic E-state index is 12.7. The van der Waals surface area contributed by atoms with Crippen LogP contribution < -0.4 is 4.72 Å². The van der Waals surface area contributed by atoms with Gasteiger partial charge in [0.1, 0.15) is 16.9 Å². The molecular weight excluding hydrogens is 382 g/mol. The number of rotatable bonds is 6. The van der Waals surface area contributed by atoms with Crippen LogP contribution in [0.25, 0.3) is 22.3 Å². The molecule has 0 unspecified atom stereocenters. The van der Waals surface area contributed by atoms with E-state index in [2.05, 4.69) is 35.9 Å². The van der Waals surface area contributed by atoms with E-state index in [1.807, 2.05) is 48.5 Å². The third-order valence-electron chi connectivity index (χ3n) is 4.51. The topological polar surface area (TPSA) is 51.5 Å². The van der Waals surface area contributed by atoms with Crippen molar-refractivity contribution < 1.29 is 13.9 Å². The normalized spacial score (nSPS) is 10.8. The molecule has 1 heterocycles. The largest absolute Gasteiger partial charge is 0.462 e. The van der Waals surface area contributed by atoms with E-state index in [1.165, 1.54) is 17.5 Å². The van der Waals surface area contributed by atoms with Gasteiger partial charge in [-0.25, -0.2) is 4.79 Å². The molecule has 4 nitrogen and oxygen atoms in total. The monoisotopic (exact) mass is 403 g/mol. The molecule has 0 atom stereocenters. The van der Waals surface area contributed by atoms with Gasteiger partial charge in [-0.05, 0) is 56.1 Å². The van der Waals surface area contributed by atoms with Gasteiger partial charge < -0.3 is 13.9 Å². The van der Waals surface area contributed by atoms with Crippen molar-refractivity contribution in [2.24, 2.45) is 0 Å². The van der Waals surface area contributed by atoms with Crippen LogP contribution in [0.3, 0.4) is 0 Å². The van der Waals surface area contributed by atoms with Crippen LogP contribution in [0.4, 0.5) is 5.69 Å². The van der Waals surface area contributed by atoms with Gasteiger partial charge in [0.05, 0.1) is 6.61 Å². The van der Waals surface area contributed by atoms with Gasteiger partial charge in [-0.2, -0.15) is 0 Å². The number of carbonyl (C=O) groups excluding carboxylic acids is 1. The van der Waals surface area contributed by atoms with Crippen molar-refractivity contribution in [3.8, 4) is 11.3 Å². The molecule has 29 heavy (non-hydrogen) atoms. The van der Waals surface area contributed by atoms with E-state index in [1.54, 1.807) is 6.92 Å². The number of carbonyl (C=O) groups is 1. The van der Waals surface area contributed by atoms with E-state index in [4.69, 9.17) is 9.15 Å². The van der Waals surface area contributed by atoms with Crippen LogP contribution in [0.5, 0.6) is 0 Å². The quantitative estimate of drug-likeness (QED) is 0.287. The van der Waals surface area contributed by atoms with Gasteiger partial charge in [0.25, 0.3) is 0 Å². The average Bonchev–Trinajstić information content (AvgIpc) is 3.13. The first-order valence-corrected chi connectivity index (χ1v) is 10.3. The van der Waals surface area contributed by atoms with Crippen LogP contribution in [0, 0.1) is 6.92 Å². The molecule has 1 aromatic heterocycles. The minimum Gasteiger partial charge on any atom is -0.462 e. The summed E-state index contributed by atoms with van der Waals surface area (Å²) < 4.78 is 14.7. The van der Waals surface area contributed by atoms with Gasteiger partial charge in [0.2, 0.25) is 0 Å². The van der Waals surface area contributed by atoms with Gasteiger partial charge >= 0.3 is 5.97 Å². The Morgan fingerprint density at radius 3 is 2.52 bits per heavy atom. The van der Waals surface area contributed by atoms with Crippen molar-refractivity contribution in [3.63, 3.8) is 0 Å². The fourth-order valence-corrected chi connectivity index (χ4v) is 3.72. The summed E-state index contributed by atoms with van der Waals surface area (Å²) in [5, 5.41) is 0.733. The number of benzene rings is 3. The van der Waals surface area contributed by atoms with E-state index in [-0.39, 0.29) is 5.97 Å². The molecule has 4 aromatic rings. The van der Waals surface area contributed by atoms with Crippen LogP contribution in [0.2, 0.25) is 0 Å². The molecule has 0 aliphatic carbocycles. The first-order chi connectivity index (χ1) is 14.2.